The van der Waals surface area contributed by atoms with Crippen molar-refractivity contribution in [3.8, 4) is 0 Å². The van der Waals surface area contributed by atoms with E-state index in [9.17, 15) is 9.90 Å². The maximum Gasteiger partial charge on any atom is 0.307 e. The molecule has 2 N–H and O–H groups in total. The molecule has 1 aliphatic rings. The summed E-state index contributed by atoms with van der Waals surface area (Å²) in [7, 11) is 0. The Balaban J connectivity index is 2.56. The monoisotopic (exact) mass is 283 g/mol. The third-order valence-corrected chi connectivity index (χ3v) is 4.31. The Hall–Kier alpha value is -0.570. The molecule has 1 fully saturated rings. The number of aliphatic carboxylic acids is 1. The van der Waals surface area contributed by atoms with Crippen molar-refractivity contribution in [1.82, 2.24) is 5.32 Å². The molecule has 118 valence electrons. The van der Waals surface area contributed by atoms with Crippen molar-refractivity contribution in [3.05, 3.63) is 0 Å². The van der Waals surface area contributed by atoms with E-state index in [4.69, 9.17) is 0 Å². The summed E-state index contributed by atoms with van der Waals surface area (Å²) in [6.07, 6.45) is 4.28. The Morgan fingerprint density at radius 3 is 2.10 bits per heavy atom. The van der Waals surface area contributed by atoms with E-state index in [0.29, 0.717) is 29.3 Å². The first-order chi connectivity index (χ1) is 9.01. The number of hydrogen-bond donors (Lipinski definition) is 2. The Labute approximate surface area is 124 Å². The largest absolute Gasteiger partial charge is 0.481 e. The lowest BCUT2D eigenvalue weighted by atomic mass is 9.63. The lowest BCUT2D eigenvalue weighted by Gasteiger charge is -2.45. The van der Waals surface area contributed by atoms with Crippen LogP contribution in [0.15, 0.2) is 0 Å². The maximum absolute atomic E-state index is 11.3. The van der Waals surface area contributed by atoms with Gasteiger partial charge in [0.25, 0.3) is 0 Å². The van der Waals surface area contributed by atoms with Gasteiger partial charge >= 0.3 is 5.97 Å². The Morgan fingerprint density at radius 1 is 1.20 bits per heavy atom. The summed E-state index contributed by atoms with van der Waals surface area (Å²) >= 11 is 0. The molecule has 0 spiro atoms. The van der Waals surface area contributed by atoms with Crippen LogP contribution < -0.4 is 5.32 Å². The van der Waals surface area contributed by atoms with Gasteiger partial charge in [0, 0.05) is 12.6 Å². The third kappa shape index (κ3) is 5.82. The number of carboxylic acid groups (broad SMARTS) is 1. The maximum atomic E-state index is 11.3. The molecule has 1 aliphatic carbocycles. The van der Waals surface area contributed by atoms with Gasteiger partial charge in [-0.3, -0.25) is 4.79 Å². The molecular weight excluding hydrogens is 250 g/mol. The van der Waals surface area contributed by atoms with E-state index < -0.39 is 5.97 Å². The second-order valence-electron chi connectivity index (χ2n) is 8.68. The van der Waals surface area contributed by atoms with Crippen molar-refractivity contribution in [3.63, 3.8) is 0 Å². The second kappa shape index (κ2) is 6.46. The van der Waals surface area contributed by atoms with E-state index in [-0.39, 0.29) is 5.92 Å². The van der Waals surface area contributed by atoms with Crippen LogP contribution >= 0.6 is 0 Å². The SMILES string of the molecule is CC(C)CC(CNC1CC(C)(C)CC(C)(C)C1)C(=O)O. The van der Waals surface area contributed by atoms with E-state index in [1.165, 1.54) is 6.42 Å². The zero-order valence-corrected chi connectivity index (χ0v) is 14.1. The minimum atomic E-state index is -0.666. The van der Waals surface area contributed by atoms with Crippen molar-refractivity contribution in [1.29, 1.82) is 0 Å². The number of hydrogen-bond acceptors (Lipinski definition) is 2. The van der Waals surface area contributed by atoms with Gasteiger partial charge in [0.15, 0.2) is 0 Å². The molecule has 1 saturated carbocycles. The smallest absolute Gasteiger partial charge is 0.307 e. The zero-order chi connectivity index (χ0) is 15.6. The molecule has 1 atom stereocenters. The lowest BCUT2D eigenvalue weighted by Crippen LogP contribution is -2.46. The van der Waals surface area contributed by atoms with Crippen LogP contribution in [0.25, 0.3) is 0 Å². The first-order valence-electron chi connectivity index (χ1n) is 7.97. The number of carboxylic acids is 1. The van der Waals surface area contributed by atoms with Gasteiger partial charge < -0.3 is 10.4 Å². The standard InChI is InChI=1S/C17H33NO2/c1-12(2)7-13(15(19)20)10-18-14-8-16(3,4)11-17(5,6)9-14/h12-14,18H,7-11H2,1-6H3,(H,19,20). The molecule has 0 radical (unpaired) electrons. The highest BCUT2D eigenvalue weighted by molar-refractivity contribution is 5.70. The molecule has 20 heavy (non-hydrogen) atoms. The molecule has 3 heteroatoms. The van der Waals surface area contributed by atoms with Gasteiger partial charge in [0.2, 0.25) is 0 Å². The normalized spacial score (nSPS) is 23.8. The van der Waals surface area contributed by atoms with Crippen LogP contribution in [0.4, 0.5) is 0 Å². The van der Waals surface area contributed by atoms with Crippen LogP contribution in [0.1, 0.15) is 67.2 Å². The molecule has 0 bridgehead atoms. The van der Waals surface area contributed by atoms with Crippen molar-refractivity contribution in [2.75, 3.05) is 6.54 Å². The fourth-order valence-corrected chi connectivity index (χ4v) is 4.14. The summed E-state index contributed by atoms with van der Waals surface area (Å²) in [5.41, 5.74) is 0.687. The molecule has 1 rings (SSSR count). The van der Waals surface area contributed by atoms with Gasteiger partial charge in [0.05, 0.1) is 5.92 Å². The Morgan fingerprint density at radius 2 is 1.70 bits per heavy atom. The highest BCUT2D eigenvalue weighted by Gasteiger charge is 2.38. The van der Waals surface area contributed by atoms with Gasteiger partial charge in [-0.2, -0.15) is 0 Å². The molecule has 3 nitrogen and oxygen atoms in total. The minimum Gasteiger partial charge on any atom is -0.481 e. The topological polar surface area (TPSA) is 49.3 Å². The van der Waals surface area contributed by atoms with Crippen LogP contribution in [0.5, 0.6) is 0 Å². The van der Waals surface area contributed by atoms with Crippen molar-refractivity contribution in [2.24, 2.45) is 22.7 Å². The quantitative estimate of drug-likeness (QED) is 0.776. The van der Waals surface area contributed by atoms with E-state index in [1.807, 2.05) is 0 Å². The number of rotatable bonds is 6. The Kier molecular flexibility index (Phi) is 5.65. The molecule has 0 aromatic rings. The number of carbonyl (C=O) groups is 1. The van der Waals surface area contributed by atoms with Crippen molar-refractivity contribution in [2.45, 2.75) is 73.3 Å². The van der Waals surface area contributed by atoms with Gasteiger partial charge in [0.1, 0.15) is 0 Å². The average Bonchev–Trinajstić information content (AvgIpc) is 2.18. The summed E-state index contributed by atoms with van der Waals surface area (Å²) < 4.78 is 0. The minimum absolute atomic E-state index is 0.261. The van der Waals surface area contributed by atoms with Crippen LogP contribution in [0, 0.1) is 22.7 Å². The predicted molar refractivity (Wildman–Crippen MR) is 83.8 cm³/mol. The molecular formula is C17H33NO2. The first-order valence-corrected chi connectivity index (χ1v) is 7.97. The zero-order valence-electron chi connectivity index (χ0n) is 14.1. The van der Waals surface area contributed by atoms with Gasteiger partial charge in [-0.15, -0.1) is 0 Å². The van der Waals surface area contributed by atoms with Crippen molar-refractivity contribution >= 4 is 5.97 Å². The average molecular weight is 283 g/mol. The summed E-state index contributed by atoms with van der Waals surface area (Å²) in [6, 6.07) is 0.447. The second-order valence-corrected chi connectivity index (χ2v) is 8.68. The summed E-state index contributed by atoms with van der Waals surface area (Å²) in [5, 5.41) is 12.9. The van der Waals surface area contributed by atoms with Crippen LogP contribution in [-0.2, 0) is 4.79 Å². The van der Waals surface area contributed by atoms with Crippen LogP contribution in [0.2, 0.25) is 0 Å². The van der Waals surface area contributed by atoms with Crippen LogP contribution in [-0.4, -0.2) is 23.7 Å². The van der Waals surface area contributed by atoms with Gasteiger partial charge in [-0.05, 0) is 42.4 Å². The highest BCUT2D eigenvalue weighted by atomic mass is 16.4. The van der Waals surface area contributed by atoms with Crippen molar-refractivity contribution < 1.29 is 9.90 Å². The predicted octanol–water partition coefficient (Wildman–Crippen LogP) is 3.93. The molecule has 0 amide bonds. The lowest BCUT2D eigenvalue weighted by molar-refractivity contribution is -0.142. The fraction of sp³-hybridized carbons (Fsp3) is 0.941. The highest BCUT2D eigenvalue weighted by Crippen LogP contribution is 2.45. The third-order valence-electron chi connectivity index (χ3n) is 4.31. The first kappa shape index (κ1) is 17.5. The molecule has 0 aromatic carbocycles. The Bertz CT molecular complexity index is 318. The summed E-state index contributed by atoms with van der Waals surface area (Å²) in [6.45, 7) is 14.1. The summed E-state index contributed by atoms with van der Waals surface area (Å²) in [5.74, 6) is -0.499. The van der Waals surface area contributed by atoms with E-state index >= 15 is 0 Å². The van der Waals surface area contributed by atoms with Gasteiger partial charge in [-0.1, -0.05) is 41.5 Å². The molecule has 0 heterocycles. The number of nitrogens with one attached hydrogen (secondary N) is 1. The summed E-state index contributed by atoms with van der Waals surface area (Å²) in [4.78, 5) is 11.3. The van der Waals surface area contributed by atoms with Crippen LogP contribution in [0.3, 0.4) is 0 Å². The van der Waals surface area contributed by atoms with E-state index in [2.05, 4.69) is 46.9 Å². The van der Waals surface area contributed by atoms with E-state index in [0.717, 1.165) is 19.3 Å². The fourth-order valence-electron chi connectivity index (χ4n) is 4.14. The molecule has 0 saturated heterocycles. The van der Waals surface area contributed by atoms with E-state index in [1.54, 1.807) is 0 Å². The molecule has 0 aliphatic heterocycles. The van der Waals surface area contributed by atoms with Gasteiger partial charge in [-0.25, -0.2) is 0 Å². The molecule has 1 unspecified atom stereocenters. The molecule has 0 aromatic heterocycles.